The van der Waals surface area contributed by atoms with Gasteiger partial charge in [-0.15, -0.1) is 0 Å². The molecule has 0 radical (unpaired) electrons. The zero-order valence-corrected chi connectivity index (χ0v) is 18.6. The van der Waals surface area contributed by atoms with Gasteiger partial charge in [0.25, 0.3) is 0 Å². The van der Waals surface area contributed by atoms with Gasteiger partial charge in [-0.05, 0) is 99.2 Å². The highest BCUT2D eigenvalue weighted by Crippen LogP contribution is 2.67. The number of esters is 1. The first-order valence-corrected chi connectivity index (χ1v) is 12.2. The lowest BCUT2D eigenvalue weighted by molar-refractivity contribution is -0.160. The van der Waals surface area contributed by atoms with E-state index in [1.54, 1.807) is 0 Å². The topological polar surface area (TPSA) is 63.6 Å². The molecule has 0 aromatic rings. The molecule has 29 heavy (non-hydrogen) atoms. The maximum atomic E-state index is 13.4. The van der Waals surface area contributed by atoms with E-state index in [9.17, 15) is 14.7 Å². The Morgan fingerprint density at radius 1 is 1.10 bits per heavy atom. The molecule has 4 rings (SSSR count). The molecule has 0 bridgehead atoms. The molecular weight excluding hydrogens is 364 g/mol. The second-order valence-electron chi connectivity index (χ2n) is 11.1. The van der Waals surface area contributed by atoms with Crippen molar-refractivity contribution in [2.24, 2.45) is 40.4 Å². The van der Waals surface area contributed by atoms with Crippen molar-refractivity contribution in [2.75, 3.05) is 6.61 Å². The van der Waals surface area contributed by atoms with Crippen LogP contribution in [-0.2, 0) is 14.3 Å². The predicted octanol–water partition coefficient (Wildman–Crippen LogP) is 4.92. The first-order chi connectivity index (χ1) is 13.8. The number of ketones is 1. The van der Waals surface area contributed by atoms with Gasteiger partial charge in [-0.25, -0.2) is 0 Å². The molecule has 0 aromatic heterocycles. The monoisotopic (exact) mass is 404 g/mol. The molecule has 1 N–H and O–H groups in total. The fraction of sp³-hybridized carbons (Fsp3) is 0.920. The Morgan fingerprint density at radius 3 is 2.59 bits per heavy atom. The van der Waals surface area contributed by atoms with Crippen LogP contribution < -0.4 is 0 Å². The number of aliphatic hydroxyl groups excluding tert-OH is 1. The summed E-state index contributed by atoms with van der Waals surface area (Å²) in [5.74, 6) is 2.70. The molecule has 0 spiro atoms. The van der Waals surface area contributed by atoms with Crippen molar-refractivity contribution >= 4 is 11.8 Å². The van der Waals surface area contributed by atoms with Crippen LogP contribution >= 0.6 is 0 Å². The Labute approximate surface area is 176 Å². The van der Waals surface area contributed by atoms with Crippen molar-refractivity contribution in [1.29, 1.82) is 0 Å². The van der Waals surface area contributed by atoms with Crippen LogP contribution in [-0.4, -0.2) is 29.6 Å². The molecule has 0 aliphatic heterocycles. The third-order valence-electron chi connectivity index (χ3n) is 9.88. The number of carbonyl (C=O) groups excluding carboxylic acids is 2. The fourth-order valence-corrected chi connectivity index (χ4v) is 8.22. The van der Waals surface area contributed by atoms with E-state index in [2.05, 4.69) is 13.8 Å². The van der Waals surface area contributed by atoms with E-state index in [0.717, 1.165) is 32.1 Å². The number of Topliss-reactive ketones (excluding diaryl/α,β-unsaturated/α-hetero) is 1. The molecular formula is C25H40O4. The second-order valence-corrected chi connectivity index (χ2v) is 11.1. The summed E-state index contributed by atoms with van der Waals surface area (Å²) in [5.41, 5.74) is 0.490. The van der Waals surface area contributed by atoms with Gasteiger partial charge in [-0.2, -0.15) is 0 Å². The highest BCUT2D eigenvalue weighted by atomic mass is 16.5. The van der Waals surface area contributed by atoms with Crippen LogP contribution in [0.3, 0.4) is 0 Å². The molecule has 0 saturated heterocycles. The predicted molar refractivity (Wildman–Crippen MR) is 112 cm³/mol. The van der Waals surface area contributed by atoms with Crippen LogP contribution in [0, 0.1) is 40.4 Å². The molecule has 0 amide bonds. The van der Waals surface area contributed by atoms with E-state index < -0.39 is 0 Å². The van der Waals surface area contributed by atoms with Gasteiger partial charge in [0.1, 0.15) is 5.78 Å². The molecule has 4 saturated carbocycles. The highest BCUT2D eigenvalue weighted by molar-refractivity contribution is 5.83. The summed E-state index contributed by atoms with van der Waals surface area (Å²) < 4.78 is 5.09. The first-order valence-electron chi connectivity index (χ1n) is 12.2. The molecule has 4 aliphatic carbocycles. The summed E-state index contributed by atoms with van der Waals surface area (Å²) in [4.78, 5) is 25.1. The number of hydrogen-bond acceptors (Lipinski definition) is 4. The third kappa shape index (κ3) is 3.58. The molecule has 4 heteroatoms. The van der Waals surface area contributed by atoms with Crippen molar-refractivity contribution in [2.45, 2.75) is 97.5 Å². The van der Waals surface area contributed by atoms with Gasteiger partial charge in [0, 0.05) is 18.8 Å². The molecule has 0 heterocycles. The minimum atomic E-state index is -0.207. The lowest BCUT2D eigenvalue weighted by Gasteiger charge is -2.60. The zero-order valence-electron chi connectivity index (χ0n) is 18.6. The Hall–Kier alpha value is -0.900. The smallest absolute Gasteiger partial charge is 0.305 e. The number of rotatable bonds is 5. The van der Waals surface area contributed by atoms with Gasteiger partial charge in [0.2, 0.25) is 0 Å². The molecule has 4 nitrogen and oxygen atoms in total. The molecule has 4 fully saturated rings. The average molecular weight is 405 g/mol. The summed E-state index contributed by atoms with van der Waals surface area (Å²) >= 11 is 0. The molecule has 0 aromatic carbocycles. The summed E-state index contributed by atoms with van der Waals surface area (Å²) in [6.45, 7) is 7.20. The van der Waals surface area contributed by atoms with Crippen LogP contribution in [0.2, 0.25) is 0 Å². The minimum Gasteiger partial charge on any atom is -0.466 e. The summed E-state index contributed by atoms with van der Waals surface area (Å²) in [7, 11) is 0. The van der Waals surface area contributed by atoms with Gasteiger partial charge >= 0.3 is 5.97 Å². The van der Waals surface area contributed by atoms with E-state index >= 15 is 0 Å². The van der Waals surface area contributed by atoms with Gasteiger partial charge in [0.05, 0.1) is 12.7 Å². The van der Waals surface area contributed by atoms with Crippen molar-refractivity contribution in [3.05, 3.63) is 0 Å². The maximum Gasteiger partial charge on any atom is 0.305 e. The second kappa shape index (κ2) is 7.98. The molecule has 7 unspecified atom stereocenters. The van der Waals surface area contributed by atoms with Gasteiger partial charge in [-0.3, -0.25) is 9.59 Å². The zero-order chi connectivity index (χ0) is 20.8. The first kappa shape index (κ1) is 21.3. The number of hydrogen-bond donors (Lipinski definition) is 1. The Morgan fingerprint density at radius 2 is 1.83 bits per heavy atom. The number of ether oxygens (including phenoxy) is 1. The van der Waals surface area contributed by atoms with E-state index in [1.807, 2.05) is 6.92 Å². The molecule has 4 aliphatic rings. The Balaban J connectivity index is 1.46. The van der Waals surface area contributed by atoms with Crippen LogP contribution in [0.15, 0.2) is 0 Å². The standard InChI is InChI=1S/C25H40O4/c1-4-29-22(28)7-5-6-16-8-9-19-23-20(11-13-24(16,19)2)25(3)12-10-18(26)14-17(25)15-21(23)27/h16-20,23,26H,4-15H2,1-3H3/t16?,17?,18-,19?,20?,23?,24?,25?/m1/s1. The number of fused-ring (bicyclic) bond motifs is 5. The number of aliphatic hydroxyl groups is 1. The SMILES string of the molecule is CCOC(=O)CCCC1CCC2C3C(=O)CC4C[C@H](O)CCC4(C)C3CCC12C. The van der Waals surface area contributed by atoms with Crippen LogP contribution in [0.1, 0.15) is 91.4 Å². The van der Waals surface area contributed by atoms with E-state index in [1.165, 1.54) is 25.7 Å². The summed E-state index contributed by atoms with van der Waals surface area (Å²) in [5, 5.41) is 10.2. The van der Waals surface area contributed by atoms with Crippen LogP contribution in [0.5, 0.6) is 0 Å². The van der Waals surface area contributed by atoms with Crippen LogP contribution in [0.25, 0.3) is 0 Å². The van der Waals surface area contributed by atoms with Crippen molar-refractivity contribution < 1.29 is 19.4 Å². The van der Waals surface area contributed by atoms with Crippen molar-refractivity contribution in [3.8, 4) is 0 Å². The quantitative estimate of drug-likeness (QED) is 0.661. The normalized spacial score (nSPS) is 46.6. The van der Waals surface area contributed by atoms with Gasteiger partial charge in [-0.1, -0.05) is 13.8 Å². The number of carbonyl (C=O) groups is 2. The lowest BCUT2D eigenvalue weighted by atomic mass is 9.44. The molecule has 164 valence electrons. The summed E-state index contributed by atoms with van der Waals surface area (Å²) in [6, 6.07) is 0. The summed E-state index contributed by atoms with van der Waals surface area (Å²) in [6.07, 6.45) is 10.6. The molecule has 8 atom stereocenters. The van der Waals surface area contributed by atoms with Crippen molar-refractivity contribution in [3.63, 3.8) is 0 Å². The van der Waals surface area contributed by atoms with Crippen molar-refractivity contribution in [1.82, 2.24) is 0 Å². The average Bonchev–Trinajstić information content (AvgIpc) is 3.00. The van der Waals surface area contributed by atoms with Crippen LogP contribution in [0.4, 0.5) is 0 Å². The fourth-order valence-electron chi connectivity index (χ4n) is 8.22. The third-order valence-corrected chi connectivity index (χ3v) is 9.88. The maximum absolute atomic E-state index is 13.4. The Kier molecular flexibility index (Phi) is 5.87. The lowest BCUT2D eigenvalue weighted by Crippen LogP contribution is -2.57. The largest absolute Gasteiger partial charge is 0.466 e. The van der Waals surface area contributed by atoms with Gasteiger partial charge < -0.3 is 9.84 Å². The van der Waals surface area contributed by atoms with E-state index in [-0.39, 0.29) is 28.8 Å². The highest BCUT2D eigenvalue weighted by Gasteiger charge is 2.62. The van der Waals surface area contributed by atoms with Gasteiger partial charge in [0.15, 0.2) is 0 Å². The Bertz CT molecular complexity index is 645. The van der Waals surface area contributed by atoms with E-state index in [0.29, 0.717) is 48.9 Å². The van der Waals surface area contributed by atoms with E-state index in [4.69, 9.17) is 4.74 Å². The minimum absolute atomic E-state index is 0.0724.